The van der Waals surface area contributed by atoms with E-state index in [0.717, 1.165) is 12.8 Å². The van der Waals surface area contributed by atoms with Crippen LogP contribution in [-0.4, -0.2) is 23.4 Å². The molecule has 12 heavy (non-hydrogen) atoms. The monoisotopic (exact) mass is 167 g/mol. The normalized spacial score (nSPS) is 29.5. The number of nitrogens with two attached hydrogens (primary N) is 1. The van der Waals surface area contributed by atoms with Crippen molar-refractivity contribution in [1.29, 1.82) is 5.26 Å². The highest BCUT2D eigenvalue weighted by atomic mass is 16.1. The van der Waals surface area contributed by atoms with Crippen LogP contribution in [0, 0.1) is 17.4 Å². The molecular formula is C8H13N3O. The first-order valence-corrected chi connectivity index (χ1v) is 4.11. The van der Waals surface area contributed by atoms with Crippen molar-refractivity contribution in [2.75, 3.05) is 6.54 Å². The third-order valence-corrected chi connectivity index (χ3v) is 2.41. The Balaban J connectivity index is 2.57. The highest BCUT2D eigenvalue weighted by molar-refractivity contribution is 5.77. The molecule has 0 saturated carbocycles. The molecule has 2 N–H and O–H groups in total. The van der Waals surface area contributed by atoms with Gasteiger partial charge in [-0.1, -0.05) is 0 Å². The number of hydrogen-bond acceptors (Lipinski definition) is 3. The Morgan fingerprint density at radius 1 is 1.67 bits per heavy atom. The maximum atomic E-state index is 10.8. The lowest BCUT2D eigenvalue weighted by atomic mass is 9.93. The minimum Gasteiger partial charge on any atom is -0.369 e. The molecule has 0 aromatic rings. The standard InChI is InChI=1S/C8H13N3O/c1-6-2-3-7(8(10)12)4-11(6)5-9/h6-7H,2-4H2,1H3,(H2,10,12). The minimum absolute atomic E-state index is 0.138. The van der Waals surface area contributed by atoms with Crippen molar-refractivity contribution in [3.05, 3.63) is 0 Å². The molecule has 1 heterocycles. The van der Waals surface area contributed by atoms with E-state index in [1.807, 2.05) is 6.92 Å². The van der Waals surface area contributed by atoms with Gasteiger partial charge in [0, 0.05) is 12.6 Å². The average molecular weight is 167 g/mol. The average Bonchev–Trinajstić information content (AvgIpc) is 2.05. The predicted octanol–water partition coefficient (Wildman–Crippen LogP) is 0.0533. The second-order valence-corrected chi connectivity index (χ2v) is 3.28. The van der Waals surface area contributed by atoms with E-state index < -0.39 is 0 Å². The first-order valence-electron chi connectivity index (χ1n) is 4.11. The number of hydrogen-bond donors (Lipinski definition) is 1. The Labute approximate surface area is 71.9 Å². The van der Waals surface area contributed by atoms with Crippen LogP contribution in [0.25, 0.3) is 0 Å². The maximum Gasteiger partial charge on any atom is 0.222 e. The molecule has 0 spiro atoms. The summed E-state index contributed by atoms with van der Waals surface area (Å²) >= 11 is 0. The Morgan fingerprint density at radius 2 is 2.33 bits per heavy atom. The Bertz CT molecular complexity index is 221. The van der Waals surface area contributed by atoms with Crippen molar-refractivity contribution in [2.24, 2.45) is 11.7 Å². The molecule has 4 heteroatoms. The van der Waals surface area contributed by atoms with E-state index in [4.69, 9.17) is 11.0 Å². The van der Waals surface area contributed by atoms with E-state index >= 15 is 0 Å². The van der Waals surface area contributed by atoms with Crippen molar-refractivity contribution in [3.8, 4) is 6.19 Å². The van der Waals surface area contributed by atoms with Crippen molar-refractivity contribution < 1.29 is 4.79 Å². The van der Waals surface area contributed by atoms with Crippen LogP contribution in [0.4, 0.5) is 0 Å². The number of piperidine rings is 1. The van der Waals surface area contributed by atoms with Crippen LogP contribution in [-0.2, 0) is 4.79 Å². The van der Waals surface area contributed by atoms with Crippen LogP contribution in [0.15, 0.2) is 0 Å². The Morgan fingerprint density at radius 3 is 2.83 bits per heavy atom. The van der Waals surface area contributed by atoms with Crippen LogP contribution < -0.4 is 5.73 Å². The first-order chi connectivity index (χ1) is 5.65. The predicted molar refractivity (Wildman–Crippen MR) is 43.7 cm³/mol. The van der Waals surface area contributed by atoms with Gasteiger partial charge in [0.05, 0.1) is 5.92 Å². The zero-order valence-electron chi connectivity index (χ0n) is 7.16. The molecule has 66 valence electrons. The molecule has 0 aromatic carbocycles. The fourth-order valence-corrected chi connectivity index (χ4v) is 1.48. The van der Waals surface area contributed by atoms with Gasteiger partial charge in [-0.3, -0.25) is 4.79 Å². The Kier molecular flexibility index (Phi) is 2.54. The lowest BCUT2D eigenvalue weighted by Crippen LogP contribution is -2.43. The molecular weight excluding hydrogens is 154 g/mol. The third kappa shape index (κ3) is 1.67. The van der Waals surface area contributed by atoms with Gasteiger partial charge < -0.3 is 10.6 Å². The number of primary amides is 1. The number of carbonyl (C=O) groups is 1. The number of likely N-dealkylation sites (tertiary alicyclic amines) is 1. The summed E-state index contributed by atoms with van der Waals surface area (Å²) in [5, 5.41) is 8.68. The summed E-state index contributed by atoms with van der Waals surface area (Å²) < 4.78 is 0. The molecule has 0 radical (unpaired) electrons. The fourth-order valence-electron chi connectivity index (χ4n) is 1.48. The van der Waals surface area contributed by atoms with Crippen molar-refractivity contribution >= 4 is 5.91 Å². The lowest BCUT2D eigenvalue weighted by molar-refractivity contribution is -0.123. The molecule has 1 amide bonds. The smallest absolute Gasteiger partial charge is 0.222 e. The van der Waals surface area contributed by atoms with Gasteiger partial charge in [0.1, 0.15) is 0 Å². The van der Waals surface area contributed by atoms with Gasteiger partial charge >= 0.3 is 0 Å². The van der Waals surface area contributed by atoms with Crippen LogP contribution in [0.2, 0.25) is 0 Å². The van der Waals surface area contributed by atoms with Gasteiger partial charge in [0.25, 0.3) is 0 Å². The van der Waals surface area contributed by atoms with E-state index in [0.29, 0.717) is 6.54 Å². The van der Waals surface area contributed by atoms with E-state index in [9.17, 15) is 4.79 Å². The van der Waals surface area contributed by atoms with E-state index in [1.165, 1.54) is 0 Å². The van der Waals surface area contributed by atoms with Gasteiger partial charge in [-0.15, -0.1) is 0 Å². The molecule has 2 atom stereocenters. The zero-order chi connectivity index (χ0) is 9.14. The second kappa shape index (κ2) is 3.44. The second-order valence-electron chi connectivity index (χ2n) is 3.28. The third-order valence-electron chi connectivity index (χ3n) is 2.41. The highest BCUT2D eigenvalue weighted by Crippen LogP contribution is 2.20. The summed E-state index contributed by atoms with van der Waals surface area (Å²) in [7, 11) is 0. The summed E-state index contributed by atoms with van der Waals surface area (Å²) in [5.74, 6) is -0.428. The molecule has 0 aromatic heterocycles. The van der Waals surface area contributed by atoms with Crippen LogP contribution >= 0.6 is 0 Å². The van der Waals surface area contributed by atoms with Crippen molar-refractivity contribution in [3.63, 3.8) is 0 Å². The van der Waals surface area contributed by atoms with Crippen molar-refractivity contribution in [2.45, 2.75) is 25.8 Å². The van der Waals surface area contributed by atoms with Crippen LogP contribution in [0.3, 0.4) is 0 Å². The molecule has 1 rings (SSSR count). The fraction of sp³-hybridized carbons (Fsp3) is 0.750. The topological polar surface area (TPSA) is 70.1 Å². The summed E-state index contributed by atoms with van der Waals surface area (Å²) in [6.45, 7) is 2.48. The van der Waals surface area contributed by atoms with E-state index in [1.54, 1.807) is 4.90 Å². The van der Waals surface area contributed by atoms with Gasteiger partial charge in [-0.05, 0) is 19.8 Å². The van der Waals surface area contributed by atoms with E-state index in [-0.39, 0.29) is 17.9 Å². The molecule has 1 saturated heterocycles. The summed E-state index contributed by atoms with van der Waals surface area (Å²) in [4.78, 5) is 12.4. The minimum atomic E-state index is -0.290. The number of carbonyl (C=O) groups excluding carboxylic acids is 1. The molecule has 0 bridgehead atoms. The maximum absolute atomic E-state index is 10.8. The molecule has 2 unspecified atom stereocenters. The summed E-state index contributed by atoms with van der Waals surface area (Å²) in [6.07, 6.45) is 3.75. The number of nitrogens with zero attached hydrogens (tertiary/aromatic N) is 2. The molecule has 1 aliphatic rings. The number of nitriles is 1. The van der Waals surface area contributed by atoms with Gasteiger partial charge in [0.2, 0.25) is 5.91 Å². The lowest BCUT2D eigenvalue weighted by Gasteiger charge is -2.32. The highest BCUT2D eigenvalue weighted by Gasteiger charge is 2.27. The number of rotatable bonds is 1. The van der Waals surface area contributed by atoms with Gasteiger partial charge in [0.15, 0.2) is 6.19 Å². The summed E-state index contributed by atoms with van der Waals surface area (Å²) in [6, 6.07) is 0.255. The first kappa shape index (κ1) is 8.85. The SMILES string of the molecule is CC1CCC(C(N)=O)CN1C#N. The molecule has 1 fully saturated rings. The van der Waals surface area contributed by atoms with E-state index in [2.05, 4.69) is 6.19 Å². The molecule has 1 aliphatic heterocycles. The quantitative estimate of drug-likeness (QED) is 0.561. The molecule has 0 aliphatic carbocycles. The summed E-state index contributed by atoms with van der Waals surface area (Å²) in [5.41, 5.74) is 5.15. The zero-order valence-corrected chi connectivity index (χ0v) is 7.16. The Hall–Kier alpha value is -1.24. The van der Waals surface area contributed by atoms with Gasteiger partial charge in [-0.25, -0.2) is 0 Å². The van der Waals surface area contributed by atoms with Gasteiger partial charge in [-0.2, -0.15) is 5.26 Å². The van der Waals surface area contributed by atoms with Crippen LogP contribution in [0.1, 0.15) is 19.8 Å². The van der Waals surface area contributed by atoms with Crippen molar-refractivity contribution in [1.82, 2.24) is 4.90 Å². The van der Waals surface area contributed by atoms with Crippen LogP contribution in [0.5, 0.6) is 0 Å². The largest absolute Gasteiger partial charge is 0.369 e. The number of amides is 1. The molecule has 4 nitrogen and oxygen atoms in total.